The number of benzene rings is 1. The minimum atomic E-state index is -0.467. The first-order valence-corrected chi connectivity index (χ1v) is 9.51. The van der Waals surface area contributed by atoms with Gasteiger partial charge in [0.05, 0.1) is 12.0 Å². The Labute approximate surface area is 160 Å². The molecule has 27 heavy (non-hydrogen) atoms. The summed E-state index contributed by atoms with van der Waals surface area (Å²) in [5, 5.41) is 0.450. The monoisotopic (exact) mass is 388 g/mol. The van der Waals surface area contributed by atoms with Gasteiger partial charge in [-0.1, -0.05) is 26.0 Å². The van der Waals surface area contributed by atoms with E-state index in [4.69, 9.17) is 4.74 Å². The Balaban J connectivity index is 2.09. The number of fused-ring (bicyclic) bond motifs is 1. The van der Waals surface area contributed by atoms with Gasteiger partial charge in [-0.15, -0.1) is 11.3 Å². The molecule has 0 spiro atoms. The van der Waals surface area contributed by atoms with Crippen LogP contribution in [-0.4, -0.2) is 22.1 Å². The number of esters is 1. The first-order chi connectivity index (χ1) is 12.8. The quantitative estimate of drug-likeness (QED) is 0.618. The second kappa shape index (κ2) is 7.60. The third-order valence-corrected chi connectivity index (χ3v) is 5.18. The highest BCUT2D eigenvalue weighted by Gasteiger charge is 2.20. The van der Waals surface area contributed by atoms with Gasteiger partial charge in [0.25, 0.3) is 5.56 Å². The molecule has 142 valence electrons. The average Bonchev–Trinajstić information content (AvgIpc) is 2.93. The summed E-state index contributed by atoms with van der Waals surface area (Å²) in [6, 6.07) is 6.01. The van der Waals surface area contributed by atoms with Crippen molar-refractivity contribution in [2.75, 3.05) is 6.61 Å². The maximum Gasteiger partial charge on any atom is 0.326 e. The lowest BCUT2D eigenvalue weighted by Gasteiger charge is -2.11. The summed E-state index contributed by atoms with van der Waals surface area (Å²) in [4.78, 5) is 31.3. The molecular formula is C20H21FN2O3S. The predicted octanol–water partition coefficient (Wildman–Crippen LogP) is 4.08. The van der Waals surface area contributed by atoms with E-state index in [-0.39, 0.29) is 23.8 Å². The molecule has 2 aromatic heterocycles. The number of halogens is 1. The van der Waals surface area contributed by atoms with Crippen molar-refractivity contribution < 1.29 is 13.9 Å². The Kier molecular flexibility index (Phi) is 5.41. The molecule has 5 nitrogen and oxygen atoms in total. The molecule has 0 atom stereocenters. The van der Waals surface area contributed by atoms with Gasteiger partial charge in [-0.2, -0.15) is 0 Å². The van der Waals surface area contributed by atoms with Crippen LogP contribution in [0, 0.1) is 25.6 Å². The summed E-state index contributed by atoms with van der Waals surface area (Å²) in [5.74, 6) is -0.126. The lowest BCUT2D eigenvalue weighted by Crippen LogP contribution is -2.28. The van der Waals surface area contributed by atoms with Crippen LogP contribution in [0.25, 0.3) is 21.3 Å². The van der Waals surface area contributed by atoms with Gasteiger partial charge in [0.15, 0.2) is 0 Å². The van der Waals surface area contributed by atoms with E-state index in [0.717, 1.165) is 16.0 Å². The number of hydrogen-bond donors (Lipinski definition) is 0. The number of carbonyl (C=O) groups is 1. The molecule has 0 aliphatic heterocycles. The van der Waals surface area contributed by atoms with E-state index in [1.807, 2.05) is 20.8 Å². The summed E-state index contributed by atoms with van der Waals surface area (Å²) in [6.45, 7) is 7.62. The molecule has 7 heteroatoms. The highest BCUT2D eigenvalue weighted by Crippen LogP contribution is 2.35. The standard InChI is InChI=1S/C20H21FN2O3S/c1-11(2)10-26-16(24)9-23-13(4)22-19-18(20(23)25)17(12(3)27-19)14-5-7-15(21)8-6-14/h5-8,11H,9-10H2,1-4H3. The summed E-state index contributed by atoms with van der Waals surface area (Å²) in [6.07, 6.45) is 0. The van der Waals surface area contributed by atoms with Gasteiger partial charge < -0.3 is 4.74 Å². The normalized spacial score (nSPS) is 11.3. The largest absolute Gasteiger partial charge is 0.464 e. The summed E-state index contributed by atoms with van der Waals surface area (Å²) < 4.78 is 19.8. The molecule has 0 saturated heterocycles. The van der Waals surface area contributed by atoms with Crippen LogP contribution in [0.15, 0.2) is 29.1 Å². The SMILES string of the molecule is Cc1sc2nc(C)n(CC(=O)OCC(C)C)c(=O)c2c1-c1ccc(F)cc1. The van der Waals surface area contributed by atoms with Crippen molar-refractivity contribution >= 4 is 27.5 Å². The maximum absolute atomic E-state index is 13.3. The van der Waals surface area contributed by atoms with Crippen molar-refractivity contribution in [3.05, 3.63) is 51.1 Å². The number of carbonyl (C=O) groups excluding carboxylic acids is 1. The lowest BCUT2D eigenvalue weighted by molar-refractivity contribution is -0.145. The van der Waals surface area contributed by atoms with Gasteiger partial charge in [-0.25, -0.2) is 9.37 Å². The third kappa shape index (κ3) is 3.93. The van der Waals surface area contributed by atoms with Gasteiger partial charge in [0.1, 0.15) is 23.0 Å². The first kappa shape index (κ1) is 19.2. The van der Waals surface area contributed by atoms with E-state index in [0.29, 0.717) is 22.6 Å². The molecule has 1 aromatic carbocycles. The van der Waals surface area contributed by atoms with Crippen LogP contribution in [0.5, 0.6) is 0 Å². The van der Waals surface area contributed by atoms with Crippen LogP contribution >= 0.6 is 11.3 Å². The molecule has 0 saturated carbocycles. The molecule has 2 heterocycles. The number of aromatic nitrogens is 2. The molecule has 0 amide bonds. The number of ether oxygens (including phenoxy) is 1. The predicted molar refractivity (Wildman–Crippen MR) is 105 cm³/mol. The van der Waals surface area contributed by atoms with Crippen LogP contribution in [0.1, 0.15) is 24.5 Å². The number of rotatable bonds is 5. The Bertz CT molecular complexity index is 1050. The lowest BCUT2D eigenvalue weighted by atomic mass is 10.0. The van der Waals surface area contributed by atoms with E-state index in [1.165, 1.54) is 28.0 Å². The summed E-state index contributed by atoms with van der Waals surface area (Å²) >= 11 is 1.41. The summed E-state index contributed by atoms with van der Waals surface area (Å²) in [5.41, 5.74) is 1.19. The molecule has 3 rings (SSSR count). The third-order valence-electron chi connectivity index (χ3n) is 4.18. The average molecular weight is 388 g/mol. The minimum Gasteiger partial charge on any atom is -0.464 e. The maximum atomic E-state index is 13.3. The summed E-state index contributed by atoms with van der Waals surface area (Å²) in [7, 11) is 0. The van der Waals surface area contributed by atoms with Crippen molar-refractivity contribution in [1.82, 2.24) is 9.55 Å². The first-order valence-electron chi connectivity index (χ1n) is 8.70. The molecule has 0 aliphatic carbocycles. The van der Waals surface area contributed by atoms with Crippen LogP contribution in [-0.2, 0) is 16.1 Å². The fourth-order valence-corrected chi connectivity index (χ4v) is 3.96. The van der Waals surface area contributed by atoms with Gasteiger partial charge in [-0.05, 0) is 37.5 Å². The molecule has 0 aliphatic rings. The Hall–Kier alpha value is -2.54. The zero-order chi connectivity index (χ0) is 19.7. The fourth-order valence-electron chi connectivity index (χ4n) is 2.88. The second-order valence-corrected chi connectivity index (χ2v) is 8.05. The molecular weight excluding hydrogens is 367 g/mol. The molecule has 0 radical (unpaired) electrons. The highest BCUT2D eigenvalue weighted by atomic mass is 32.1. The Morgan fingerprint density at radius 3 is 2.56 bits per heavy atom. The zero-order valence-electron chi connectivity index (χ0n) is 15.7. The fraction of sp³-hybridized carbons (Fsp3) is 0.350. The van der Waals surface area contributed by atoms with E-state index in [2.05, 4.69) is 4.98 Å². The van der Waals surface area contributed by atoms with Crippen molar-refractivity contribution in [2.45, 2.75) is 34.2 Å². The van der Waals surface area contributed by atoms with E-state index in [1.54, 1.807) is 19.1 Å². The van der Waals surface area contributed by atoms with Gasteiger partial charge >= 0.3 is 5.97 Å². The van der Waals surface area contributed by atoms with E-state index in [9.17, 15) is 14.0 Å². The molecule has 0 fully saturated rings. The van der Waals surface area contributed by atoms with Gasteiger partial charge in [0.2, 0.25) is 0 Å². The second-order valence-electron chi connectivity index (χ2n) is 6.85. The van der Waals surface area contributed by atoms with Crippen molar-refractivity contribution in [3.63, 3.8) is 0 Å². The number of nitrogens with zero attached hydrogens (tertiary/aromatic N) is 2. The molecule has 3 aromatic rings. The van der Waals surface area contributed by atoms with Gasteiger partial charge in [-0.3, -0.25) is 14.2 Å². The van der Waals surface area contributed by atoms with Crippen molar-refractivity contribution in [1.29, 1.82) is 0 Å². The molecule has 0 N–H and O–H groups in total. The number of thiophene rings is 1. The highest BCUT2D eigenvalue weighted by molar-refractivity contribution is 7.19. The topological polar surface area (TPSA) is 61.2 Å². The van der Waals surface area contributed by atoms with Crippen LogP contribution in [0.3, 0.4) is 0 Å². The zero-order valence-corrected chi connectivity index (χ0v) is 16.5. The number of aryl methyl sites for hydroxylation is 2. The number of hydrogen-bond acceptors (Lipinski definition) is 5. The molecule has 0 bridgehead atoms. The van der Waals surface area contributed by atoms with Crippen molar-refractivity contribution in [2.24, 2.45) is 5.92 Å². The van der Waals surface area contributed by atoms with Crippen molar-refractivity contribution in [3.8, 4) is 11.1 Å². The Morgan fingerprint density at radius 2 is 1.93 bits per heavy atom. The smallest absolute Gasteiger partial charge is 0.326 e. The van der Waals surface area contributed by atoms with Crippen LogP contribution in [0.4, 0.5) is 4.39 Å². The minimum absolute atomic E-state index is 0.182. The van der Waals surface area contributed by atoms with Gasteiger partial charge in [0, 0.05) is 10.4 Å². The van der Waals surface area contributed by atoms with E-state index >= 15 is 0 Å². The molecule has 0 unspecified atom stereocenters. The van der Waals surface area contributed by atoms with Crippen LogP contribution in [0.2, 0.25) is 0 Å². The van der Waals surface area contributed by atoms with E-state index < -0.39 is 5.97 Å². The Morgan fingerprint density at radius 1 is 1.26 bits per heavy atom. The van der Waals surface area contributed by atoms with Crippen LogP contribution < -0.4 is 5.56 Å².